The zero-order valence-electron chi connectivity index (χ0n) is 9.58. The van der Waals surface area contributed by atoms with Gasteiger partial charge in [0.25, 0.3) is 0 Å². The van der Waals surface area contributed by atoms with Crippen LogP contribution in [0.15, 0.2) is 18.2 Å². The quantitative estimate of drug-likeness (QED) is 0.897. The second-order valence-electron chi connectivity index (χ2n) is 4.20. The van der Waals surface area contributed by atoms with Crippen molar-refractivity contribution in [3.05, 3.63) is 34.3 Å². The van der Waals surface area contributed by atoms with Gasteiger partial charge >= 0.3 is 0 Å². The molecule has 90 valence electrons. The SMILES string of the molecule is N#Cc1ccc(CO[C@H]2CCCNC2)c(Cl)c1. The van der Waals surface area contributed by atoms with Crippen LogP contribution in [0.3, 0.4) is 0 Å². The van der Waals surface area contributed by atoms with Gasteiger partial charge in [-0.25, -0.2) is 0 Å². The molecule has 1 atom stereocenters. The Balaban J connectivity index is 1.92. The zero-order chi connectivity index (χ0) is 12.1. The zero-order valence-corrected chi connectivity index (χ0v) is 10.3. The largest absolute Gasteiger partial charge is 0.372 e. The molecule has 1 heterocycles. The van der Waals surface area contributed by atoms with Crippen molar-refractivity contribution in [2.45, 2.75) is 25.6 Å². The third kappa shape index (κ3) is 3.44. The molecule has 1 aromatic rings. The molecule has 1 aromatic carbocycles. The van der Waals surface area contributed by atoms with Gasteiger partial charge in [0.2, 0.25) is 0 Å². The van der Waals surface area contributed by atoms with E-state index < -0.39 is 0 Å². The molecule has 0 saturated carbocycles. The van der Waals surface area contributed by atoms with Gasteiger partial charge in [-0.1, -0.05) is 17.7 Å². The minimum Gasteiger partial charge on any atom is -0.372 e. The molecule has 1 aliphatic rings. The standard InChI is InChI=1S/C13H15ClN2O/c14-13-6-10(7-15)3-4-11(13)9-17-12-2-1-5-16-8-12/h3-4,6,12,16H,1-2,5,8-9H2/t12-/m0/s1. The molecule has 1 saturated heterocycles. The predicted molar refractivity (Wildman–Crippen MR) is 66.8 cm³/mol. The van der Waals surface area contributed by atoms with Crippen molar-refractivity contribution in [2.75, 3.05) is 13.1 Å². The highest BCUT2D eigenvalue weighted by Gasteiger charge is 2.13. The summed E-state index contributed by atoms with van der Waals surface area (Å²) in [6.45, 7) is 2.50. The van der Waals surface area contributed by atoms with Gasteiger partial charge in [0, 0.05) is 11.6 Å². The summed E-state index contributed by atoms with van der Waals surface area (Å²) in [5.41, 5.74) is 1.52. The van der Waals surface area contributed by atoms with Crippen molar-refractivity contribution < 1.29 is 4.74 Å². The first kappa shape index (κ1) is 12.4. The summed E-state index contributed by atoms with van der Waals surface area (Å²) < 4.78 is 5.79. The Labute approximate surface area is 106 Å². The molecule has 0 amide bonds. The fourth-order valence-corrected chi connectivity index (χ4v) is 2.14. The molecule has 0 spiro atoms. The first-order chi connectivity index (χ1) is 8.29. The molecule has 0 radical (unpaired) electrons. The Morgan fingerprint density at radius 2 is 2.41 bits per heavy atom. The van der Waals surface area contributed by atoms with E-state index in [0.29, 0.717) is 17.2 Å². The number of nitrogens with zero attached hydrogens (tertiary/aromatic N) is 1. The monoisotopic (exact) mass is 250 g/mol. The summed E-state index contributed by atoms with van der Waals surface area (Å²) in [7, 11) is 0. The number of ether oxygens (including phenoxy) is 1. The molecule has 3 nitrogen and oxygen atoms in total. The fourth-order valence-electron chi connectivity index (χ4n) is 1.90. The number of halogens is 1. The van der Waals surface area contributed by atoms with Gasteiger partial charge in [-0.3, -0.25) is 0 Å². The lowest BCUT2D eigenvalue weighted by atomic mass is 10.1. The third-order valence-electron chi connectivity index (χ3n) is 2.91. The van der Waals surface area contributed by atoms with Crippen LogP contribution in [0.5, 0.6) is 0 Å². The average molecular weight is 251 g/mol. The Morgan fingerprint density at radius 3 is 3.06 bits per heavy atom. The van der Waals surface area contributed by atoms with Crippen molar-refractivity contribution >= 4 is 11.6 Å². The van der Waals surface area contributed by atoms with E-state index in [1.807, 2.05) is 6.07 Å². The highest BCUT2D eigenvalue weighted by Crippen LogP contribution is 2.19. The van der Waals surface area contributed by atoms with Gasteiger partial charge in [0.1, 0.15) is 0 Å². The Kier molecular flexibility index (Phi) is 4.38. The molecular formula is C13H15ClN2O. The van der Waals surface area contributed by atoms with Crippen LogP contribution in [0.1, 0.15) is 24.0 Å². The van der Waals surface area contributed by atoms with E-state index >= 15 is 0 Å². The average Bonchev–Trinajstić information content (AvgIpc) is 2.38. The van der Waals surface area contributed by atoms with Crippen LogP contribution < -0.4 is 5.32 Å². The summed E-state index contributed by atoms with van der Waals surface area (Å²) in [6, 6.07) is 7.37. The van der Waals surface area contributed by atoms with Crippen molar-refractivity contribution in [1.29, 1.82) is 5.26 Å². The first-order valence-electron chi connectivity index (χ1n) is 5.80. The molecule has 0 aliphatic carbocycles. The van der Waals surface area contributed by atoms with Crippen LogP contribution in [0.4, 0.5) is 0 Å². The maximum absolute atomic E-state index is 8.74. The highest BCUT2D eigenvalue weighted by atomic mass is 35.5. The van der Waals surface area contributed by atoms with Crippen molar-refractivity contribution in [2.24, 2.45) is 0 Å². The first-order valence-corrected chi connectivity index (χ1v) is 6.18. The fraction of sp³-hybridized carbons (Fsp3) is 0.462. The molecule has 1 N–H and O–H groups in total. The minimum absolute atomic E-state index is 0.274. The smallest absolute Gasteiger partial charge is 0.0992 e. The molecule has 1 aliphatic heterocycles. The number of hydrogen-bond acceptors (Lipinski definition) is 3. The number of piperidine rings is 1. The van der Waals surface area contributed by atoms with Gasteiger partial charge in [0.15, 0.2) is 0 Å². The lowest BCUT2D eigenvalue weighted by Crippen LogP contribution is -2.35. The summed E-state index contributed by atoms with van der Waals surface area (Å²) in [4.78, 5) is 0. The molecule has 0 unspecified atom stereocenters. The Bertz CT molecular complexity index is 422. The second kappa shape index (κ2) is 6.02. The number of nitrogens with one attached hydrogen (secondary N) is 1. The molecule has 17 heavy (non-hydrogen) atoms. The van der Waals surface area contributed by atoms with E-state index in [1.165, 1.54) is 0 Å². The topological polar surface area (TPSA) is 45.0 Å². The van der Waals surface area contributed by atoms with E-state index in [-0.39, 0.29) is 6.10 Å². The van der Waals surface area contributed by atoms with Crippen LogP contribution >= 0.6 is 11.6 Å². The molecular weight excluding hydrogens is 236 g/mol. The van der Waals surface area contributed by atoms with Crippen LogP contribution in [-0.2, 0) is 11.3 Å². The number of benzene rings is 1. The van der Waals surface area contributed by atoms with Gasteiger partial charge in [-0.2, -0.15) is 5.26 Å². The maximum Gasteiger partial charge on any atom is 0.0992 e. The molecule has 0 aromatic heterocycles. The molecule has 0 bridgehead atoms. The highest BCUT2D eigenvalue weighted by molar-refractivity contribution is 6.31. The molecule has 2 rings (SSSR count). The van der Waals surface area contributed by atoms with Gasteiger partial charge < -0.3 is 10.1 Å². The third-order valence-corrected chi connectivity index (χ3v) is 3.26. The number of nitriles is 1. The van der Waals surface area contributed by atoms with Crippen LogP contribution in [-0.4, -0.2) is 19.2 Å². The Morgan fingerprint density at radius 1 is 1.53 bits per heavy atom. The van der Waals surface area contributed by atoms with Crippen molar-refractivity contribution in [1.82, 2.24) is 5.32 Å². The van der Waals surface area contributed by atoms with Gasteiger partial charge in [-0.15, -0.1) is 0 Å². The predicted octanol–water partition coefficient (Wildman–Crippen LogP) is 2.48. The van der Waals surface area contributed by atoms with E-state index in [4.69, 9.17) is 21.6 Å². The van der Waals surface area contributed by atoms with Crippen molar-refractivity contribution in [3.8, 4) is 6.07 Å². The number of hydrogen-bond donors (Lipinski definition) is 1. The van der Waals surface area contributed by atoms with E-state index in [0.717, 1.165) is 31.5 Å². The van der Waals surface area contributed by atoms with E-state index in [2.05, 4.69) is 11.4 Å². The van der Waals surface area contributed by atoms with Crippen molar-refractivity contribution in [3.63, 3.8) is 0 Å². The van der Waals surface area contributed by atoms with Crippen LogP contribution in [0.2, 0.25) is 5.02 Å². The minimum atomic E-state index is 0.274. The van der Waals surface area contributed by atoms with Gasteiger partial charge in [-0.05, 0) is 37.1 Å². The maximum atomic E-state index is 8.74. The van der Waals surface area contributed by atoms with E-state index in [1.54, 1.807) is 12.1 Å². The summed E-state index contributed by atoms with van der Waals surface area (Å²) >= 11 is 6.08. The van der Waals surface area contributed by atoms with Gasteiger partial charge in [0.05, 0.1) is 24.3 Å². The summed E-state index contributed by atoms with van der Waals surface area (Å²) in [5.74, 6) is 0. The molecule has 1 fully saturated rings. The molecule has 4 heteroatoms. The lowest BCUT2D eigenvalue weighted by molar-refractivity contribution is 0.0253. The number of rotatable bonds is 3. The van der Waals surface area contributed by atoms with Crippen LogP contribution in [0.25, 0.3) is 0 Å². The normalized spacial score (nSPS) is 19.9. The summed E-state index contributed by atoms with van der Waals surface area (Å²) in [5, 5.41) is 12.6. The van der Waals surface area contributed by atoms with Crippen LogP contribution in [0, 0.1) is 11.3 Å². The Hall–Kier alpha value is -1.08. The second-order valence-corrected chi connectivity index (χ2v) is 4.60. The summed E-state index contributed by atoms with van der Waals surface area (Å²) in [6.07, 6.45) is 2.53. The lowest BCUT2D eigenvalue weighted by Gasteiger charge is -2.23. The van der Waals surface area contributed by atoms with E-state index in [9.17, 15) is 0 Å².